The highest BCUT2D eigenvalue weighted by Crippen LogP contribution is 2.21. The van der Waals surface area contributed by atoms with E-state index < -0.39 is 0 Å². The Labute approximate surface area is 187 Å². The van der Waals surface area contributed by atoms with Crippen molar-refractivity contribution >= 4 is 17.5 Å². The molecule has 2 amide bonds. The minimum atomic E-state index is -0.333. The van der Waals surface area contributed by atoms with Crippen molar-refractivity contribution < 1.29 is 19.1 Å². The lowest BCUT2D eigenvalue weighted by molar-refractivity contribution is -0.120. The van der Waals surface area contributed by atoms with Gasteiger partial charge in [0.1, 0.15) is 17.2 Å². The molecule has 0 unspecified atom stereocenters. The zero-order valence-electron chi connectivity index (χ0n) is 18.1. The number of ether oxygens (including phenoxy) is 2. The zero-order valence-corrected chi connectivity index (χ0v) is 18.1. The van der Waals surface area contributed by atoms with Crippen molar-refractivity contribution in [3.05, 3.63) is 78.1 Å². The summed E-state index contributed by atoms with van der Waals surface area (Å²) in [5.41, 5.74) is 2.27. The second-order valence-electron chi connectivity index (χ2n) is 6.95. The van der Waals surface area contributed by atoms with Gasteiger partial charge in [0.2, 0.25) is 5.91 Å². The molecule has 8 heteroatoms. The Morgan fingerprint density at radius 3 is 2.19 bits per heavy atom. The van der Waals surface area contributed by atoms with E-state index in [2.05, 4.69) is 20.9 Å². The van der Waals surface area contributed by atoms with E-state index in [-0.39, 0.29) is 18.4 Å². The van der Waals surface area contributed by atoms with Gasteiger partial charge in [-0.2, -0.15) is 0 Å². The molecule has 1 heterocycles. The lowest BCUT2D eigenvalue weighted by Gasteiger charge is -2.10. The van der Waals surface area contributed by atoms with Crippen molar-refractivity contribution in [2.24, 2.45) is 0 Å². The average Bonchev–Trinajstić information content (AvgIpc) is 2.82. The van der Waals surface area contributed by atoms with Crippen molar-refractivity contribution in [3.8, 4) is 17.2 Å². The standard InChI is InChI=1S/C24H26N4O4/c1-17-3-8-22(15-27-17)32-21-9-4-18(5-10-21)24(30)28-16-23(29)26-14-13-25-19-6-11-20(31-2)12-7-19/h3-12,15,25H,13-14,16H2,1-2H3,(H,26,29)(H,28,30). The number of methoxy groups -OCH3 is 1. The molecule has 0 fully saturated rings. The number of aryl methyl sites for hydroxylation is 1. The monoisotopic (exact) mass is 434 g/mol. The summed E-state index contributed by atoms with van der Waals surface area (Å²) in [4.78, 5) is 28.4. The van der Waals surface area contributed by atoms with Crippen molar-refractivity contribution in [1.82, 2.24) is 15.6 Å². The van der Waals surface area contributed by atoms with Crippen molar-refractivity contribution in [3.63, 3.8) is 0 Å². The molecule has 0 radical (unpaired) electrons. The number of anilines is 1. The van der Waals surface area contributed by atoms with Crippen LogP contribution in [-0.4, -0.2) is 43.5 Å². The summed E-state index contributed by atoms with van der Waals surface area (Å²) in [6.07, 6.45) is 1.64. The molecule has 166 valence electrons. The van der Waals surface area contributed by atoms with Gasteiger partial charge in [0.25, 0.3) is 5.91 Å². The van der Waals surface area contributed by atoms with Crippen LogP contribution in [0.1, 0.15) is 16.1 Å². The van der Waals surface area contributed by atoms with E-state index >= 15 is 0 Å². The van der Waals surface area contributed by atoms with Gasteiger partial charge in [-0.3, -0.25) is 14.6 Å². The number of amides is 2. The van der Waals surface area contributed by atoms with Gasteiger partial charge in [-0.15, -0.1) is 0 Å². The van der Waals surface area contributed by atoms with Crippen molar-refractivity contribution in [1.29, 1.82) is 0 Å². The fourth-order valence-electron chi connectivity index (χ4n) is 2.77. The van der Waals surface area contributed by atoms with Crippen molar-refractivity contribution in [2.45, 2.75) is 6.92 Å². The maximum absolute atomic E-state index is 12.3. The van der Waals surface area contributed by atoms with Crippen LogP contribution < -0.4 is 25.4 Å². The molecule has 0 saturated carbocycles. The summed E-state index contributed by atoms with van der Waals surface area (Å²) in [6, 6.07) is 17.9. The Kier molecular flexibility index (Phi) is 8.02. The molecule has 32 heavy (non-hydrogen) atoms. The SMILES string of the molecule is COc1ccc(NCCNC(=O)CNC(=O)c2ccc(Oc3ccc(C)nc3)cc2)cc1. The van der Waals surface area contributed by atoms with E-state index in [1.165, 1.54) is 0 Å². The highest BCUT2D eigenvalue weighted by Gasteiger charge is 2.08. The molecule has 0 bridgehead atoms. The molecular formula is C24H26N4O4. The van der Waals surface area contributed by atoms with Crippen LogP contribution in [0.2, 0.25) is 0 Å². The Bertz CT molecular complexity index is 1020. The van der Waals surface area contributed by atoms with Crippen LogP contribution in [0.25, 0.3) is 0 Å². The predicted molar refractivity (Wildman–Crippen MR) is 122 cm³/mol. The number of carbonyl (C=O) groups is 2. The van der Waals surface area contributed by atoms with Crippen LogP contribution in [0.15, 0.2) is 66.9 Å². The molecule has 3 N–H and O–H groups in total. The van der Waals surface area contributed by atoms with E-state index in [9.17, 15) is 9.59 Å². The molecule has 8 nitrogen and oxygen atoms in total. The van der Waals surface area contributed by atoms with Gasteiger partial charge < -0.3 is 25.4 Å². The molecule has 0 aliphatic carbocycles. The first-order chi connectivity index (χ1) is 15.5. The minimum Gasteiger partial charge on any atom is -0.497 e. The summed E-state index contributed by atoms with van der Waals surface area (Å²) in [6.45, 7) is 2.79. The van der Waals surface area contributed by atoms with E-state index in [4.69, 9.17) is 9.47 Å². The van der Waals surface area contributed by atoms with Gasteiger partial charge in [-0.1, -0.05) is 0 Å². The number of nitrogens with zero attached hydrogens (tertiary/aromatic N) is 1. The second-order valence-corrected chi connectivity index (χ2v) is 6.95. The third-order valence-corrected chi connectivity index (χ3v) is 4.51. The molecule has 1 aromatic heterocycles. The fraction of sp³-hybridized carbons (Fsp3) is 0.208. The van der Waals surface area contributed by atoms with Gasteiger partial charge in [0.05, 0.1) is 19.9 Å². The summed E-state index contributed by atoms with van der Waals surface area (Å²) >= 11 is 0. The molecule has 0 saturated heterocycles. The Hall–Kier alpha value is -4.07. The minimum absolute atomic E-state index is 0.103. The molecule has 2 aromatic carbocycles. The molecule has 0 aliphatic heterocycles. The first kappa shape index (κ1) is 22.6. The largest absolute Gasteiger partial charge is 0.497 e. The number of hydrogen-bond acceptors (Lipinski definition) is 6. The van der Waals surface area contributed by atoms with Crippen LogP contribution in [0, 0.1) is 6.92 Å². The van der Waals surface area contributed by atoms with Crippen LogP contribution in [-0.2, 0) is 4.79 Å². The van der Waals surface area contributed by atoms with Crippen LogP contribution >= 0.6 is 0 Å². The summed E-state index contributed by atoms with van der Waals surface area (Å²) < 4.78 is 10.8. The number of aromatic nitrogens is 1. The molecule has 3 aromatic rings. The predicted octanol–water partition coefficient (Wildman–Crippen LogP) is 3.15. The van der Waals surface area contributed by atoms with Gasteiger partial charge in [-0.25, -0.2) is 0 Å². The Morgan fingerprint density at radius 1 is 0.844 bits per heavy atom. The number of benzene rings is 2. The average molecular weight is 434 g/mol. The highest BCUT2D eigenvalue weighted by molar-refractivity contribution is 5.96. The van der Waals surface area contributed by atoms with Crippen LogP contribution in [0.5, 0.6) is 17.2 Å². The number of nitrogens with one attached hydrogen (secondary N) is 3. The number of pyridine rings is 1. The topological polar surface area (TPSA) is 102 Å². The zero-order chi connectivity index (χ0) is 22.8. The Morgan fingerprint density at radius 2 is 1.53 bits per heavy atom. The third kappa shape index (κ3) is 7.02. The van der Waals surface area contributed by atoms with E-state index in [1.54, 1.807) is 37.6 Å². The quantitative estimate of drug-likeness (QED) is 0.424. The lowest BCUT2D eigenvalue weighted by atomic mass is 10.2. The third-order valence-electron chi connectivity index (χ3n) is 4.51. The second kappa shape index (κ2) is 11.4. The molecule has 0 spiro atoms. The van der Waals surface area contributed by atoms with Gasteiger partial charge in [-0.05, 0) is 67.6 Å². The molecular weight excluding hydrogens is 408 g/mol. The number of carbonyl (C=O) groups excluding carboxylic acids is 2. The van der Waals surface area contributed by atoms with E-state index in [0.717, 1.165) is 17.1 Å². The smallest absolute Gasteiger partial charge is 0.251 e. The highest BCUT2D eigenvalue weighted by atomic mass is 16.5. The first-order valence-electron chi connectivity index (χ1n) is 10.2. The Balaban J connectivity index is 1.35. The number of hydrogen-bond donors (Lipinski definition) is 3. The van der Waals surface area contributed by atoms with Crippen LogP contribution in [0.4, 0.5) is 5.69 Å². The lowest BCUT2D eigenvalue weighted by Crippen LogP contribution is -2.38. The van der Waals surface area contributed by atoms with Crippen molar-refractivity contribution in [2.75, 3.05) is 32.1 Å². The normalized spacial score (nSPS) is 10.2. The molecule has 0 aliphatic rings. The maximum atomic E-state index is 12.3. The fourth-order valence-corrected chi connectivity index (χ4v) is 2.77. The van der Waals surface area contributed by atoms with Crippen LogP contribution in [0.3, 0.4) is 0 Å². The van der Waals surface area contributed by atoms with Gasteiger partial charge >= 0.3 is 0 Å². The molecule has 3 rings (SSSR count). The summed E-state index contributed by atoms with van der Waals surface area (Å²) in [5, 5.41) is 8.56. The maximum Gasteiger partial charge on any atom is 0.251 e. The molecule has 0 atom stereocenters. The summed E-state index contributed by atoms with van der Waals surface area (Å²) in [7, 11) is 1.62. The van der Waals surface area contributed by atoms with Gasteiger partial charge in [0, 0.05) is 30.0 Å². The number of rotatable bonds is 10. The van der Waals surface area contributed by atoms with E-state index in [1.807, 2.05) is 43.3 Å². The van der Waals surface area contributed by atoms with E-state index in [0.29, 0.717) is 30.2 Å². The van der Waals surface area contributed by atoms with Gasteiger partial charge in [0.15, 0.2) is 0 Å². The first-order valence-corrected chi connectivity index (χ1v) is 10.2. The summed E-state index contributed by atoms with van der Waals surface area (Å²) in [5.74, 6) is 1.40.